The van der Waals surface area contributed by atoms with Gasteiger partial charge in [-0.25, -0.2) is 4.79 Å². The van der Waals surface area contributed by atoms with E-state index in [2.05, 4.69) is 11.9 Å². The highest BCUT2D eigenvalue weighted by atomic mass is 35.5. The molecule has 2 heterocycles. The molecule has 0 bridgehead atoms. The molecule has 216 valence electrons. The van der Waals surface area contributed by atoms with E-state index in [-0.39, 0.29) is 24.6 Å². The Morgan fingerprint density at radius 2 is 1.95 bits per heavy atom. The van der Waals surface area contributed by atoms with Gasteiger partial charge in [-0.05, 0) is 62.2 Å². The highest BCUT2D eigenvalue weighted by molar-refractivity contribution is 6.32. The fourth-order valence-electron chi connectivity index (χ4n) is 4.76. The number of aliphatic imine (C=N–C) groups is 1. The number of methoxy groups -OCH3 is 1. The highest BCUT2D eigenvalue weighted by Gasteiger charge is 2.45. The predicted octanol–water partition coefficient (Wildman–Crippen LogP) is 6.11. The molecule has 2 aliphatic rings. The normalized spacial score (nSPS) is 19.4. The molecule has 4 rings (SSSR count). The molecule has 0 aliphatic carbocycles. The number of hydrogen-bond acceptors (Lipinski definition) is 5. The smallest absolute Gasteiger partial charge is 0.326 e. The fraction of sp³-hybridized carbons (Fsp3) is 0.323. The van der Waals surface area contributed by atoms with Crippen LogP contribution in [0, 0.1) is 0 Å². The molecule has 2 atom stereocenters. The van der Waals surface area contributed by atoms with Crippen LogP contribution in [-0.2, 0) is 4.79 Å². The Bertz CT molecular complexity index is 1400. The second-order valence-corrected chi connectivity index (χ2v) is 10.8. The van der Waals surface area contributed by atoms with Crippen molar-refractivity contribution in [3.05, 3.63) is 94.0 Å². The van der Waals surface area contributed by atoms with Crippen molar-refractivity contribution in [1.29, 1.82) is 0 Å². The van der Waals surface area contributed by atoms with Crippen LogP contribution in [0.1, 0.15) is 37.9 Å². The van der Waals surface area contributed by atoms with Crippen LogP contribution in [0.5, 0.6) is 11.5 Å². The quantitative estimate of drug-likeness (QED) is 0.372. The van der Waals surface area contributed by atoms with Crippen LogP contribution in [0.2, 0.25) is 5.02 Å². The number of nitrogens with zero attached hydrogens (tertiary/aromatic N) is 3. The van der Waals surface area contributed by atoms with E-state index in [4.69, 9.17) is 37.7 Å². The summed E-state index contributed by atoms with van der Waals surface area (Å²) < 4.78 is 11.6. The summed E-state index contributed by atoms with van der Waals surface area (Å²) in [4.78, 5) is 34.9. The molecular formula is C31H34Cl2N4O4. The number of allylic oxidation sites excluding steroid dienone is 3. The first-order valence-corrected chi connectivity index (χ1v) is 14.1. The summed E-state index contributed by atoms with van der Waals surface area (Å²) in [5.74, 6) is 1.25. The van der Waals surface area contributed by atoms with Gasteiger partial charge in [0.25, 0.3) is 0 Å². The van der Waals surface area contributed by atoms with Crippen molar-refractivity contribution in [2.45, 2.75) is 39.0 Å². The van der Waals surface area contributed by atoms with Crippen molar-refractivity contribution in [1.82, 2.24) is 15.1 Å². The first kappa shape index (κ1) is 30.2. The van der Waals surface area contributed by atoms with E-state index in [0.29, 0.717) is 51.6 Å². The Morgan fingerprint density at radius 3 is 2.59 bits per heavy atom. The molecule has 2 aromatic carbocycles. The van der Waals surface area contributed by atoms with Gasteiger partial charge in [0, 0.05) is 29.2 Å². The van der Waals surface area contributed by atoms with Crippen LogP contribution in [0.3, 0.4) is 0 Å². The van der Waals surface area contributed by atoms with Crippen LogP contribution < -0.4 is 14.8 Å². The van der Waals surface area contributed by atoms with E-state index in [1.165, 1.54) is 4.90 Å². The molecule has 0 saturated carbocycles. The fourth-order valence-corrected chi connectivity index (χ4v) is 5.07. The van der Waals surface area contributed by atoms with Gasteiger partial charge in [-0.1, -0.05) is 54.1 Å². The largest absolute Gasteiger partial charge is 0.497 e. The maximum Gasteiger partial charge on any atom is 0.326 e. The molecule has 0 aromatic heterocycles. The predicted molar refractivity (Wildman–Crippen MR) is 163 cm³/mol. The van der Waals surface area contributed by atoms with Crippen LogP contribution in [0.15, 0.2) is 82.9 Å². The minimum atomic E-state index is -0.642. The zero-order valence-electron chi connectivity index (χ0n) is 23.6. The van der Waals surface area contributed by atoms with Crippen LogP contribution in [-0.4, -0.2) is 66.5 Å². The van der Waals surface area contributed by atoms with Gasteiger partial charge in [0.05, 0.1) is 24.8 Å². The number of nitrogens with one attached hydrogen (secondary N) is 1. The summed E-state index contributed by atoms with van der Waals surface area (Å²) in [7, 11) is 1.58. The number of amides is 3. The number of piperazine rings is 1. The van der Waals surface area contributed by atoms with Gasteiger partial charge in [0.15, 0.2) is 0 Å². The molecule has 1 fully saturated rings. The first-order chi connectivity index (χ1) is 19.6. The minimum Gasteiger partial charge on any atom is -0.497 e. The molecule has 0 radical (unpaired) electrons. The molecule has 41 heavy (non-hydrogen) atoms. The number of rotatable bonds is 8. The summed E-state index contributed by atoms with van der Waals surface area (Å²) in [5.41, 5.74) is 1.91. The summed E-state index contributed by atoms with van der Waals surface area (Å²) in [6.07, 6.45) is 5.27. The summed E-state index contributed by atoms with van der Waals surface area (Å²) in [5, 5.41) is 3.75. The first-order valence-electron chi connectivity index (χ1n) is 13.3. The monoisotopic (exact) mass is 596 g/mol. The molecule has 3 amide bonds. The lowest BCUT2D eigenvalue weighted by atomic mass is 9.93. The second kappa shape index (κ2) is 13.3. The van der Waals surface area contributed by atoms with E-state index < -0.39 is 12.1 Å². The topological polar surface area (TPSA) is 83.5 Å². The lowest BCUT2D eigenvalue weighted by Gasteiger charge is -2.36. The van der Waals surface area contributed by atoms with Crippen molar-refractivity contribution >= 4 is 41.0 Å². The molecule has 1 N–H and O–H groups in total. The number of urea groups is 1. The average molecular weight is 598 g/mol. The van der Waals surface area contributed by atoms with Gasteiger partial charge >= 0.3 is 6.03 Å². The van der Waals surface area contributed by atoms with Crippen molar-refractivity contribution in [3.63, 3.8) is 0 Å². The lowest BCUT2D eigenvalue weighted by molar-refractivity contribution is -0.123. The van der Waals surface area contributed by atoms with Crippen molar-refractivity contribution in [3.8, 4) is 11.5 Å². The van der Waals surface area contributed by atoms with Gasteiger partial charge in [0.2, 0.25) is 5.91 Å². The van der Waals surface area contributed by atoms with Gasteiger partial charge in [-0.2, -0.15) is 0 Å². The molecular weight excluding hydrogens is 563 g/mol. The number of hydrogen-bond donors (Lipinski definition) is 1. The van der Waals surface area contributed by atoms with Gasteiger partial charge in [-0.15, -0.1) is 0 Å². The maximum absolute atomic E-state index is 14.4. The SMILES string of the molecule is C=C(/C(Cl)=C\C=C/C)[C@@H]1N=C(c2ccc(OC)cc2OC(C)C)N(C(=O)N2CCNC(=O)C2)[C@@H]1c1ccc(Cl)cc1. The summed E-state index contributed by atoms with van der Waals surface area (Å²) in [6.45, 7) is 10.7. The number of ether oxygens (including phenoxy) is 2. The Kier molecular flexibility index (Phi) is 9.78. The van der Waals surface area contributed by atoms with Crippen molar-refractivity contribution in [2.75, 3.05) is 26.7 Å². The Balaban J connectivity index is 1.94. The number of halogens is 2. The standard InChI is InChI=1S/C31H34Cl2N4O4/c1-6-7-8-25(33)20(4)28-29(21-9-11-22(32)12-10-21)37(31(39)36-16-15-34-27(38)18-36)30(35-28)24-14-13-23(40-5)17-26(24)41-19(2)3/h6-14,17,19,28-29H,4,15-16,18H2,1-3,5H3,(H,34,38)/b7-6-,25-8+/t28-,29+/m0/s1. The van der Waals surface area contributed by atoms with Gasteiger partial charge in [-0.3, -0.25) is 14.7 Å². The molecule has 0 unspecified atom stereocenters. The van der Waals surface area contributed by atoms with Crippen LogP contribution >= 0.6 is 23.2 Å². The second-order valence-electron chi connectivity index (χ2n) is 9.91. The van der Waals surface area contributed by atoms with E-state index in [1.807, 2.05) is 51.1 Å². The number of carbonyl (C=O) groups is 2. The molecule has 10 heteroatoms. The third kappa shape index (κ3) is 6.77. The zero-order valence-corrected chi connectivity index (χ0v) is 25.1. The zero-order chi connectivity index (χ0) is 29.7. The van der Waals surface area contributed by atoms with Crippen molar-refractivity contribution in [2.24, 2.45) is 4.99 Å². The number of carbonyl (C=O) groups excluding carboxylic acids is 2. The van der Waals surface area contributed by atoms with E-state index >= 15 is 0 Å². The molecule has 1 saturated heterocycles. The molecule has 0 spiro atoms. The lowest BCUT2D eigenvalue weighted by Crippen LogP contribution is -2.55. The Morgan fingerprint density at radius 1 is 1.22 bits per heavy atom. The van der Waals surface area contributed by atoms with Crippen LogP contribution in [0.25, 0.3) is 0 Å². The third-order valence-electron chi connectivity index (χ3n) is 6.68. The van der Waals surface area contributed by atoms with Crippen LogP contribution in [0.4, 0.5) is 4.79 Å². The van der Waals surface area contributed by atoms with Crippen molar-refractivity contribution < 1.29 is 19.1 Å². The summed E-state index contributed by atoms with van der Waals surface area (Å²) >= 11 is 12.9. The maximum atomic E-state index is 14.4. The van der Waals surface area contributed by atoms with Gasteiger partial charge < -0.3 is 19.7 Å². The minimum absolute atomic E-state index is 0.0680. The number of amidine groups is 1. The Labute approximate surface area is 250 Å². The highest BCUT2D eigenvalue weighted by Crippen LogP contribution is 2.42. The molecule has 2 aliphatic heterocycles. The molecule has 2 aromatic rings. The number of benzene rings is 2. The van der Waals surface area contributed by atoms with E-state index in [0.717, 1.165) is 5.56 Å². The van der Waals surface area contributed by atoms with E-state index in [9.17, 15) is 9.59 Å². The summed E-state index contributed by atoms with van der Waals surface area (Å²) in [6, 6.07) is 11.0. The molecule has 8 nitrogen and oxygen atoms in total. The van der Waals surface area contributed by atoms with Gasteiger partial charge in [0.1, 0.15) is 29.9 Å². The van der Waals surface area contributed by atoms with E-state index in [1.54, 1.807) is 42.4 Å². The average Bonchev–Trinajstić information content (AvgIpc) is 3.35. The third-order valence-corrected chi connectivity index (χ3v) is 7.31. The Hall–Kier alpha value is -3.75.